The van der Waals surface area contributed by atoms with Gasteiger partial charge in [0.2, 0.25) is 0 Å². The van der Waals surface area contributed by atoms with E-state index in [9.17, 15) is 13.2 Å². The summed E-state index contributed by atoms with van der Waals surface area (Å²) < 4.78 is 38.3. The van der Waals surface area contributed by atoms with Crippen LogP contribution in [0.1, 0.15) is 16.7 Å². The smallest absolute Gasteiger partial charge is 0.239 e. The third kappa shape index (κ3) is 5.61. The van der Waals surface area contributed by atoms with E-state index in [0.717, 1.165) is 23.4 Å². The Hall–Kier alpha value is -2.32. The molecule has 0 amide bonds. The zero-order valence-electron chi connectivity index (χ0n) is 14.7. The maximum absolute atomic E-state index is 12.8. The molecule has 0 fully saturated rings. The first-order valence-electron chi connectivity index (χ1n) is 7.91. The van der Waals surface area contributed by atoms with Gasteiger partial charge in [0.25, 0.3) is 0 Å². The summed E-state index contributed by atoms with van der Waals surface area (Å²) >= 11 is 0. The lowest BCUT2D eigenvalue weighted by atomic mass is 10.1. The van der Waals surface area contributed by atoms with Crippen LogP contribution in [-0.4, -0.2) is 13.8 Å². The van der Waals surface area contributed by atoms with Crippen molar-refractivity contribution in [3.63, 3.8) is 0 Å². The summed E-state index contributed by atoms with van der Waals surface area (Å²) in [6.45, 7) is 8.27. The van der Waals surface area contributed by atoms with E-state index in [-0.39, 0.29) is 0 Å². The zero-order chi connectivity index (χ0) is 18.7. The number of hydrogen-bond donors (Lipinski definition) is 0. The molecular weight excluding hydrogens is 339 g/mol. The predicted molar refractivity (Wildman–Crippen MR) is 99.9 cm³/mol. The second-order valence-corrected chi connectivity index (χ2v) is 11.6. The number of hydrogen-bond acceptors (Lipinski definition) is 1. The molecule has 0 bridgehead atoms. The van der Waals surface area contributed by atoms with Gasteiger partial charge in [0.05, 0.1) is 11.3 Å². The van der Waals surface area contributed by atoms with Crippen LogP contribution in [0.5, 0.6) is 0 Å². The Bertz CT molecular complexity index is 832. The van der Waals surface area contributed by atoms with E-state index in [0.29, 0.717) is 11.3 Å². The third-order valence-electron chi connectivity index (χ3n) is 3.39. The minimum Gasteiger partial charge on any atom is -0.239 e. The van der Waals surface area contributed by atoms with Crippen LogP contribution in [0, 0.1) is 18.4 Å². The SMILES string of the molecule is Cc1ccccc1N=C(C#C[Si](C)(C)C)c1ccc(C(F)(F)F)cc1. The Kier molecular flexibility index (Phi) is 5.54. The van der Waals surface area contributed by atoms with Crippen molar-refractivity contribution < 1.29 is 13.2 Å². The molecule has 0 aromatic heterocycles. The molecule has 0 N–H and O–H groups in total. The Labute approximate surface area is 147 Å². The molecule has 0 heterocycles. The largest absolute Gasteiger partial charge is 0.416 e. The minimum atomic E-state index is -4.35. The first kappa shape index (κ1) is 19.0. The van der Waals surface area contributed by atoms with Crippen LogP contribution in [0.4, 0.5) is 18.9 Å². The molecule has 0 atom stereocenters. The number of aliphatic imine (C=N–C) groups is 1. The summed E-state index contributed by atoms with van der Waals surface area (Å²) in [6.07, 6.45) is -4.35. The van der Waals surface area contributed by atoms with Gasteiger partial charge in [-0.25, -0.2) is 4.99 Å². The average molecular weight is 359 g/mol. The second kappa shape index (κ2) is 7.28. The molecule has 2 aromatic carbocycles. The monoisotopic (exact) mass is 359 g/mol. The van der Waals surface area contributed by atoms with Crippen molar-refractivity contribution >= 4 is 19.5 Å². The van der Waals surface area contributed by atoms with Gasteiger partial charge in [-0.3, -0.25) is 0 Å². The molecule has 25 heavy (non-hydrogen) atoms. The molecule has 5 heteroatoms. The van der Waals surface area contributed by atoms with Gasteiger partial charge in [0.1, 0.15) is 13.8 Å². The minimum absolute atomic E-state index is 0.491. The molecule has 130 valence electrons. The summed E-state index contributed by atoms with van der Waals surface area (Å²) in [6, 6.07) is 12.6. The Morgan fingerprint density at radius 2 is 1.56 bits per heavy atom. The molecule has 0 aliphatic rings. The number of nitrogens with zero attached hydrogens (tertiary/aromatic N) is 1. The standard InChI is InChI=1S/C20H20F3NSi/c1-15-7-5-6-8-18(15)24-19(13-14-25(2,3)4)16-9-11-17(12-10-16)20(21,22)23/h5-12H,1-4H3. The van der Waals surface area contributed by atoms with Gasteiger partial charge in [-0.15, -0.1) is 5.54 Å². The number of rotatable bonds is 2. The van der Waals surface area contributed by atoms with Gasteiger partial charge < -0.3 is 0 Å². The van der Waals surface area contributed by atoms with E-state index in [1.807, 2.05) is 31.2 Å². The fourth-order valence-electron chi connectivity index (χ4n) is 2.04. The summed E-state index contributed by atoms with van der Waals surface area (Å²) in [7, 11) is -1.65. The summed E-state index contributed by atoms with van der Waals surface area (Å²) in [5, 5.41) is 0. The number of aryl methyl sites for hydroxylation is 1. The highest BCUT2D eigenvalue weighted by atomic mass is 28.3. The van der Waals surface area contributed by atoms with Crippen molar-refractivity contribution in [2.24, 2.45) is 4.99 Å². The Balaban J connectivity index is 2.52. The second-order valence-electron chi connectivity index (χ2n) is 6.82. The van der Waals surface area contributed by atoms with Crippen LogP contribution in [-0.2, 0) is 6.18 Å². The molecule has 2 rings (SSSR count). The van der Waals surface area contributed by atoms with Crippen LogP contribution in [0.3, 0.4) is 0 Å². The molecule has 0 saturated heterocycles. The molecule has 0 spiro atoms. The molecule has 0 radical (unpaired) electrons. The van der Waals surface area contributed by atoms with Crippen LogP contribution < -0.4 is 0 Å². The van der Waals surface area contributed by atoms with Crippen molar-refractivity contribution in [2.45, 2.75) is 32.7 Å². The molecule has 0 aliphatic carbocycles. The number of halogens is 3. The fourth-order valence-corrected chi connectivity index (χ4v) is 2.53. The first-order valence-corrected chi connectivity index (χ1v) is 11.4. The van der Waals surface area contributed by atoms with E-state index >= 15 is 0 Å². The van der Waals surface area contributed by atoms with Gasteiger partial charge in [0, 0.05) is 5.56 Å². The van der Waals surface area contributed by atoms with Crippen molar-refractivity contribution in [3.05, 3.63) is 65.2 Å². The quantitative estimate of drug-likeness (QED) is 0.353. The number of benzene rings is 2. The fraction of sp³-hybridized carbons (Fsp3) is 0.250. The zero-order valence-corrected chi connectivity index (χ0v) is 15.7. The van der Waals surface area contributed by atoms with E-state index in [2.05, 4.69) is 36.1 Å². The molecule has 0 aliphatic heterocycles. The van der Waals surface area contributed by atoms with E-state index in [1.165, 1.54) is 12.1 Å². The van der Waals surface area contributed by atoms with Crippen molar-refractivity contribution in [1.82, 2.24) is 0 Å². The molecule has 0 saturated carbocycles. The highest BCUT2D eigenvalue weighted by Gasteiger charge is 2.30. The van der Waals surface area contributed by atoms with Gasteiger partial charge >= 0.3 is 6.18 Å². The molecule has 2 aromatic rings. The first-order chi connectivity index (χ1) is 11.6. The van der Waals surface area contributed by atoms with Gasteiger partial charge in [-0.1, -0.05) is 55.9 Å². The predicted octanol–water partition coefficient (Wildman–Crippen LogP) is 6.02. The topological polar surface area (TPSA) is 12.4 Å². The summed E-state index contributed by atoms with van der Waals surface area (Å²) in [5.41, 5.74) is 5.39. The lowest BCUT2D eigenvalue weighted by Crippen LogP contribution is -2.17. The average Bonchev–Trinajstić information content (AvgIpc) is 2.51. The number of para-hydroxylation sites is 1. The van der Waals surface area contributed by atoms with Crippen molar-refractivity contribution in [2.75, 3.05) is 0 Å². The van der Waals surface area contributed by atoms with Crippen molar-refractivity contribution in [1.29, 1.82) is 0 Å². The van der Waals surface area contributed by atoms with Crippen molar-refractivity contribution in [3.8, 4) is 11.5 Å². The van der Waals surface area contributed by atoms with E-state index < -0.39 is 19.8 Å². The maximum atomic E-state index is 12.8. The molecule has 0 unspecified atom stereocenters. The Morgan fingerprint density at radius 3 is 2.08 bits per heavy atom. The third-order valence-corrected chi connectivity index (χ3v) is 4.26. The molecule has 1 nitrogen and oxygen atoms in total. The van der Waals surface area contributed by atoms with E-state index in [1.54, 1.807) is 0 Å². The molecular formula is C20H20F3NSi. The van der Waals surface area contributed by atoms with Gasteiger partial charge in [-0.05, 0) is 30.7 Å². The van der Waals surface area contributed by atoms with Crippen LogP contribution >= 0.6 is 0 Å². The summed E-state index contributed by atoms with van der Waals surface area (Å²) in [5.74, 6) is 3.09. The maximum Gasteiger partial charge on any atom is 0.416 e. The summed E-state index contributed by atoms with van der Waals surface area (Å²) in [4.78, 5) is 4.61. The van der Waals surface area contributed by atoms with E-state index in [4.69, 9.17) is 0 Å². The van der Waals surface area contributed by atoms with Crippen LogP contribution in [0.15, 0.2) is 53.5 Å². The highest BCUT2D eigenvalue weighted by Crippen LogP contribution is 2.29. The van der Waals surface area contributed by atoms with Gasteiger partial charge in [-0.2, -0.15) is 13.2 Å². The highest BCUT2D eigenvalue weighted by molar-refractivity contribution is 6.84. The normalized spacial score (nSPS) is 12.5. The number of alkyl halides is 3. The Morgan fingerprint density at radius 1 is 0.960 bits per heavy atom. The van der Waals surface area contributed by atoms with Crippen LogP contribution in [0.25, 0.3) is 0 Å². The lowest BCUT2D eigenvalue weighted by molar-refractivity contribution is -0.137. The van der Waals surface area contributed by atoms with Gasteiger partial charge in [0.15, 0.2) is 0 Å². The lowest BCUT2D eigenvalue weighted by Gasteiger charge is -2.09. The van der Waals surface area contributed by atoms with Crippen LogP contribution in [0.2, 0.25) is 19.6 Å².